The molecule has 0 saturated heterocycles. The van der Waals surface area contributed by atoms with Crippen molar-refractivity contribution in [2.75, 3.05) is 14.1 Å². The number of amides is 2. The summed E-state index contributed by atoms with van der Waals surface area (Å²) in [6.07, 6.45) is 0. The third kappa shape index (κ3) is 2.42. The van der Waals surface area contributed by atoms with Crippen LogP contribution in [-0.4, -0.2) is 30.0 Å². The van der Waals surface area contributed by atoms with Crippen LogP contribution in [0.4, 0.5) is 4.79 Å². The van der Waals surface area contributed by atoms with Crippen LogP contribution in [0.1, 0.15) is 10.6 Å². The van der Waals surface area contributed by atoms with E-state index in [1.807, 2.05) is 6.92 Å². The predicted octanol–water partition coefficient (Wildman–Crippen LogP) is 1.22. The third-order valence-corrected chi connectivity index (χ3v) is 2.71. The summed E-state index contributed by atoms with van der Waals surface area (Å²) < 4.78 is 0. The highest BCUT2D eigenvalue weighted by Gasteiger charge is 2.09. The molecule has 0 aliphatic heterocycles. The monoisotopic (exact) mass is 199 g/mol. The van der Waals surface area contributed by atoms with Crippen LogP contribution in [0.2, 0.25) is 0 Å². The lowest BCUT2D eigenvalue weighted by Crippen LogP contribution is -2.34. The van der Waals surface area contributed by atoms with Crippen molar-refractivity contribution in [1.82, 2.24) is 15.2 Å². The fourth-order valence-electron chi connectivity index (χ4n) is 0.956. The maximum absolute atomic E-state index is 11.1. The van der Waals surface area contributed by atoms with Gasteiger partial charge in [0.15, 0.2) is 0 Å². The van der Waals surface area contributed by atoms with Crippen molar-refractivity contribution in [3.8, 4) is 0 Å². The van der Waals surface area contributed by atoms with Crippen molar-refractivity contribution in [1.29, 1.82) is 0 Å². The Balaban J connectivity index is 2.59. The van der Waals surface area contributed by atoms with Gasteiger partial charge in [-0.3, -0.25) is 0 Å². The van der Waals surface area contributed by atoms with E-state index in [0.717, 1.165) is 10.6 Å². The van der Waals surface area contributed by atoms with Crippen LogP contribution in [0.5, 0.6) is 0 Å². The largest absolute Gasteiger partial charge is 0.341 e. The number of nitrogens with one attached hydrogen (secondary N) is 1. The molecular weight excluding hydrogens is 186 g/mol. The summed E-state index contributed by atoms with van der Waals surface area (Å²) in [4.78, 5) is 18.0. The molecule has 1 heterocycles. The fourth-order valence-corrected chi connectivity index (χ4v) is 1.79. The average molecular weight is 199 g/mol. The first-order valence-corrected chi connectivity index (χ1v) is 4.85. The van der Waals surface area contributed by atoms with Gasteiger partial charge in [-0.25, -0.2) is 9.78 Å². The minimum absolute atomic E-state index is 0.0761. The first-order valence-electron chi connectivity index (χ1n) is 3.97. The molecular formula is C8H13N3OS. The van der Waals surface area contributed by atoms with Gasteiger partial charge in [-0.2, -0.15) is 0 Å². The Morgan fingerprint density at radius 2 is 2.46 bits per heavy atom. The van der Waals surface area contributed by atoms with Crippen molar-refractivity contribution < 1.29 is 4.79 Å². The molecule has 2 amide bonds. The summed E-state index contributed by atoms with van der Waals surface area (Å²) in [5.74, 6) is 0. The second-order valence-electron chi connectivity index (χ2n) is 2.77. The molecule has 0 aromatic carbocycles. The Hall–Kier alpha value is -1.10. The lowest BCUT2D eigenvalue weighted by molar-refractivity contribution is 0.209. The summed E-state index contributed by atoms with van der Waals surface area (Å²) in [7, 11) is 3.39. The lowest BCUT2D eigenvalue weighted by atomic mass is 10.4. The molecule has 0 aliphatic carbocycles. The van der Waals surface area contributed by atoms with Crippen LogP contribution in [0.15, 0.2) is 5.51 Å². The van der Waals surface area contributed by atoms with Crippen LogP contribution in [-0.2, 0) is 6.54 Å². The first kappa shape index (κ1) is 9.98. The molecule has 0 saturated carbocycles. The van der Waals surface area contributed by atoms with E-state index < -0.39 is 0 Å². The second kappa shape index (κ2) is 4.23. The van der Waals surface area contributed by atoms with Gasteiger partial charge < -0.3 is 10.2 Å². The van der Waals surface area contributed by atoms with E-state index in [1.165, 1.54) is 0 Å². The van der Waals surface area contributed by atoms with Crippen LogP contribution >= 0.6 is 11.3 Å². The summed E-state index contributed by atoms with van der Waals surface area (Å²) >= 11 is 1.57. The lowest BCUT2D eigenvalue weighted by Gasteiger charge is -2.15. The first-order chi connectivity index (χ1) is 6.15. The Morgan fingerprint density at radius 3 is 2.92 bits per heavy atom. The number of hydrogen-bond donors (Lipinski definition) is 1. The molecule has 4 nitrogen and oxygen atoms in total. The Bertz CT molecular complexity index is 297. The molecule has 1 aromatic heterocycles. The van der Waals surface area contributed by atoms with E-state index in [4.69, 9.17) is 0 Å². The second-order valence-corrected chi connectivity index (χ2v) is 3.71. The van der Waals surface area contributed by atoms with Crippen molar-refractivity contribution in [3.63, 3.8) is 0 Å². The van der Waals surface area contributed by atoms with Gasteiger partial charge in [-0.05, 0) is 6.92 Å². The predicted molar refractivity (Wildman–Crippen MR) is 52.8 cm³/mol. The quantitative estimate of drug-likeness (QED) is 0.778. The highest BCUT2D eigenvalue weighted by molar-refractivity contribution is 7.09. The van der Waals surface area contributed by atoms with E-state index in [-0.39, 0.29) is 6.03 Å². The number of nitrogens with zero attached hydrogens (tertiary/aromatic N) is 2. The fraction of sp³-hybridized carbons (Fsp3) is 0.500. The Kier molecular flexibility index (Phi) is 3.25. The van der Waals surface area contributed by atoms with Crippen LogP contribution in [0.25, 0.3) is 0 Å². The van der Waals surface area contributed by atoms with Gasteiger partial charge in [0.25, 0.3) is 0 Å². The van der Waals surface area contributed by atoms with E-state index in [9.17, 15) is 4.79 Å². The third-order valence-electron chi connectivity index (χ3n) is 1.79. The maximum Gasteiger partial charge on any atom is 0.317 e. The van der Waals surface area contributed by atoms with E-state index in [1.54, 1.807) is 35.8 Å². The van der Waals surface area contributed by atoms with Gasteiger partial charge in [0.2, 0.25) is 0 Å². The average Bonchev–Trinajstić information content (AvgIpc) is 2.50. The molecule has 0 bridgehead atoms. The highest BCUT2D eigenvalue weighted by Crippen LogP contribution is 2.13. The van der Waals surface area contributed by atoms with Crippen molar-refractivity contribution in [3.05, 3.63) is 16.1 Å². The van der Waals surface area contributed by atoms with Crippen LogP contribution in [0.3, 0.4) is 0 Å². The van der Waals surface area contributed by atoms with Crippen molar-refractivity contribution in [2.24, 2.45) is 0 Å². The number of hydrogen-bond acceptors (Lipinski definition) is 3. The van der Waals surface area contributed by atoms with E-state index >= 15 is 0 Å². The zero-order valence-corrected chi connectivity index (χ0v) is 8.81. The molecule has 0 spiro atoms. The summed E-state index contributed by atoms with van der Waals surface area (Å²) in [5.41, 5.74) is 2.79. The topological polar surface area (TPSA) is 45.2 Å². The van der Waals surface area contributed by atoms with Gasteiger partial charge in [0.05, 0.1) is 17.7 Å². The Labute approximate surface area is 81.6 Å². The number of carbonyl (C=O) groups is 1. The molecule has 0 fully saturated rings. The van der Waals surface area contributed by atoms with Gasteiger partial charge in [-0.15, -0.1) is 11.3 Å². The summed E-state index contributed by atoms with van der Waals surface area (Å²) in [6.45, 7) is 2.57. The van der Waals surface area contributed by atoms with Gasteiger partial charge >= 0.3 is 6.03 Å². The zero-order chi connectivity index (χ0) is 9.84. The normalized spacial score (nSPS) is 9.77. The van der Waals surface area contributed by atoms with Gasteiger partial charge in [0.1, 0.15) is 0 Å². The molecule has 5 heteroatoms. The minimum atomic E-state index is -0.0761. The molecule has 1 N–H and O–H groups in total. The summed E-state index contributed by atoms with van der Waals surface area (Å²) in [5, 5.41) is 2.57. The van der Waals surface area contributed by atoms with E-state index in [0.29, 0.717) is 6.54 Å². The molecule has 1 rings (SSSR count). The van der Waals surface area contributed by atoms with Gasteiger partial charge in [-0.1, -0.05) is 0 Å². The number of rotatable bonds is 2. The van der Waals surface area contributed by atoms with Gasteiger partial charge in [0, 0.05) is 19.0 Å². The number of thiazole rings is 1. The van der Waals surface area contributed by atoms with Crippen molar-refractivity contribution >= 4 is 17.4 Å². The standard InChI is InChI=1S/C8H13N3OS/c1-6-7(13-5-10-6)4-11(3)8(12)9-2/h5H,4H2,1-3H3,(H,9,12). The molecule has 1 aromatic rings. The van der Waals surface area contributed by atoms with Crippen molar-refractivity contribution in [2.45, 2.75) is 13.5 Å². The zero-order valence-electron chi connectivity index (χ0n) is 8.00. The minimum Gasteiger partial charge on any atom is -0.341 e. The molecule has 0 radical (unpaired) electrons. The Morgan fingerprint density at radius 1 is 1.77 bits per heavy atom. The number of aromatic nitrogens is 1. The van der Waals surface area contributed by atoms with E-state index in [2.05, 4.69) is 10.3 Å². The van der Waals surface area contributed by atoms with Crippen LogP contribution in [0, 0.1) is 6.92 Å². The van der Waals surface area contributed by atoms with Crippen LogP contribution < -0.4 is 5.32 Å². The molecule has 0 aliphatic rings. The molecule has 13 heavy (non-hydrogen) atoms. The highest BCUT2D eigenvalue weighted by atomic mass is 32.1. The molecule has 0 unspecified atom stereocenters. The number of urea groups is 1. The summed E-state index contributed by atoms with van der Waals surface area (Å²) in [6, 6.07) is -0.0761. The molecule has 72 valence electrons. The number of aryl methyl sites for hydroxylation is 1. The number of carbonyl (C=O) groups excluding carboxylic acids is 1. The smallest absolute Gasteiger partial charge is 0.317 e. The molecule has 0 atom stereocenters. The SMILES string of the molecule is CNC(=O)N(C)Cc1scnc1C. The maximum atomic E-state index is 11.1.